The Bertz CT molecular complexity index is 377. The molecule has 0 saturated heterocycles. The van der Waals surface area contributed by atoms with E-state index in [1.165, 1.54) is 0 Å². The highest BCUT2D eigenvalue weighted by molar-refractivity contribution is 5.44. The number of anilines is 1. The molecule has 2 nitrogen and oxygen atoms in total. The van der Waals surface area contributed by atoms with Crippen molar-refractivity contribution < 1.29 is 26.7 Å². The van der Waals surface area contributed by atoms with Crippen LogP contribution in [0.15, 0.2) is 12.1 Å². The lowest BCUT2D eigenvalue weighted by Crippen LogP contribution is -2.13. The molecule has 7 heteroatoms. The summed E-state index contributed by atoms with van der Waals surface area (Å²) >= 11 is 0. The van der Waals surface area contributed by atoms with Crippen LogP contribution in [0.25, 0.3) is 0 Å². The van der Waals surface area contributed by atoms with Gasteiger partial charge in [0.05, 0.1) is 18.7 Å². The first-order chi connectivity index (χ1) is 7.29. The SMILES string of the molecule is Nc1cc(F)c(OCCC(F)(F)F)cc1F. The summed E-state index contributed by atoms with van der Waals surface area (Å²) in [7, 11) is 0. The second-order valence-corrected chi connectivity index (χ2v) is 3.02. The normalized spacial score (nSPS) is 11.6. The third-order valence-corrected chi connectivity index (χ3v) is 1.69. The molecule has 0 fully saturated rings. The molecule has 0 aliphatic heterocycles. The molecule has 0 heterocycles. The molecule has 0 aromatic heterocycles. The third-order valence-electron chi connectivity index (χ3n) is 1.69. The Kier molecular flexibility index (Phi) is 3.56. The maximum absolute atomic E-state index is 13.0. The van der Waals surface area contributed by atoms with Crippen LogP contribution in [0.3, 0.4) is 0 Å². The van der Waals surface area contributed by atoms with Crippen LogP contribution >= 0.6 is 0 Å². The molecule has 90 valence electrons. The Balaban J connectivity index is 2.64. The fourth-order valence-electron chi connectivity index (χ4n) is 0.931. The van der Waals surface area contributed by atoms with E-state index >= 15 is 0 Å². The van der Waals surface area contributed by atoms with E-state index in [1.807, 2.05) is 0 Å². The van der Waals surface area contributed by atoms with Gasteiger partial charge in [-0.2, -0.15) is 13.2 Å². The summed E-state index contributed by atoms with van der Waals surface area (Å²) in [5.41, 5.74) is 4.61. The van der Waals surface area contributed by atoms with E-state index in [9.17, 15) is 22.0 Å². The fraction of sp³-hybridized carbons (Fsp3) is 0.333. The number of halogens is 5. The molecule has 0 saturated carbocycles. The number of nitrogen functional groups attached to an aromatic ring is 1. The van der Waals surface area contributed by atoms with E-state index in [1.54, 1.807) is 0 Å². The average Bonchev–Trinajstić information content (AvgIpc) is 2.11. The van der Waals surface area contributed by atoms with Crippen LogP contribution in [0.5, 0.6) is 5.75 Å². The van der Waals surface area contributed by atoms with Gasteiger partial charge in [-0.1, -0.05) is 0 Å². The monoisotopic (exact) mass is 241 g/mol. The van der Waals surface area contributed by atoms with Crippen LogP contribution in [-0.4, -0.2) is 12.8 Å². The quantitative estimate of drug-likeness (QED) is 0.652. The van der Waals surface area contributed by atoms with Crippen molar-refractivity contribution in [2.75, 3.05) is 12.3 Å². The molecule has 0 amide bonds. The van der Waals surface area contributed by atoms with Gasteiger partial charge in [0.25, 0.3) is 0 Å². The molecule has 0 unspecified atom stereocenters. The summed E-state index contributed by atoms with van der Waals surface area (Å²) in [6, 6.07) is 1.26. The van der Waals surface area contributed by atoms with Crippen LogP contribution in [0.4, 0.5) is 27.6 Å². The standard InChI is InChI=1S/C9H8F5NO/c10-5-4-8(6(11)3-7(5)15)16-2-1-9(12,13)14/h3-4H,1-2,15H2. The second-order valence-electron chi connectivity index (χ2n) is 3.02. The highest BCUT2D eigenvalue weighted by atomic mass is 19.4. The molecule has 0 aliphatic carbocycles. The van der Waals surface area contributed by atoms with Crippen LogP contribution in [0.1, 0.15) is 6.42 Å². The molecule has 0 atom stereocenters. The minimum atomic E-state index is -4.40. The number of hydrogen-bond acceptors (Lipinski definition) is 2. The lowest BCUT2D eigenvalue weighted by Gasteiger charge is -2.09. The maximum atomic E-state index is 13.0. The number of hydrogen-bond donors (Lipinski definition) is 1. The second kappa shape index (κ2) is 4.54. The van der Waals surface area contributed by atoms with Crippen molar-refractivity contribution in [2.24, 2.45) is 0 Å². The van der Waals surface area contributed by atoms with Gasteiger partial charge in [-0.05, 0) is 0 Å². The van der Waals surface area contributed by atoms with Crippen molar-refractivity contribution in [1.82, 2.24) is 0 Å². The maximum Gasteiger partial charge on any atom is 0.392 e. The molecule has 0 aliphatic rings. The summed E-state index contributed by atoms with van der Waals surface area (Å²) in [4.78, 5) is 0. The first-order valence-corrected chi connectivity index (χ1v) is 4.23. The summed E-state index contributed by atoms with van der Waals surface area (Å²) in [5.74, 6) is -2.53. The zero-order valence-corrected chi connectivity index (χ0v) is 7.94. The number of nitrogens with two attached hydrogens (primary N) is 1. The van der Waals surface area contributed by atoms with Gasteiger partial charge < -0.3 is 10.5 Å². The van der Waals surface area contributed by atoms with E-state index in [0.717, 1.165) is 0 Å². The number of benzene rings is 1. The van der Waals surface area contributed by atoms with Gasteiger partial charge in [0.1, 0.15) is 5.82 Å². The summed E-state index contributed by atoms with van der Waals surface area (Å²) in [5, 5.41) is 0. The van der Waals surface area contributed by atoms with Crippen LogP contribution in [-0.2, 0) is 0 Å². The molecular weight excluding hydrogens is 233 g/mol. The number of alkyl halides is 3. The predicted molar refractivity (Wildman–Crippen MR) is 46.9 cm³/mol. The van der Waals surface area contributed by atoms with Gasteiger partial charge in [-0.25, -0.2) is 8.78 Å². The molecule has 2 N–H and O–H groups in total. The predicted octanol–water partition coefficient (Wildman–Crippen LogP) is 2.88. The van der Waals surface area contributed by atoms with E-state index in [0.29, 0.717) is 12.1 Å². The van der Waals surface area contributed by atoms with Crippen molar-refractivity contribution in [3.05, 3.63) is 23.8 Å². The smallest absolute Gasteiger partial charge is 0.392 e. The molecule has 1 rings (SSSR count). The topological polar surface area (TPSA) is 35.2 Å². The summed E-state index contributed by atoms with van der Waals surface area (Å²) in [6.45, 7) is -0.774. The number of rotatable bonds is 3. The van der Waals surface area contributed by atoms with Crippen LogP contribution in [0.2, 0.25) is 0 Å². The molecule has 1 aromatic carbocycles. The molecule has 1 aromatic rings. The van der Waals surface area contributed by atoms with E-state index < -0.39 is 42.3 Å². The third kappa shape index (κ3) is 3.56. The Morgan fingerprint density at radius 2 is 1.75 bits per heavy atom. The van der Waals surface area contributed by atoms with Gasteiger partial charge in [0.15, 0.2) is 11.6 Å². The first kappa shape index (κ1) is 12.5. The summed E-state index contributed by atoms with van der Waals surface area (Å²) < 4.78 is 65.5. The van der Waals surface area contributed by atoms with Crippen molar-refractivity contribution in [3.63, 3.8) is 0 Å². The van der Waals surface area contributed by atoms with E-state index in [2.05, 4.69) is 4.74 Å². The van der Waals surface area contributed by atoms with Crippen LogP contribution < -0.4 is 10.5 Å². The van der Waals surface area contributed by atoms with Gasteiger partial charge >= 0.3 is 6.18 Å². The lowest BCUT2D eigenvalue weighted by atomic mass is 10.3. The average molecular weight is 241 g/mol. The van der Waals surface area contributed by atoms with E-state index in [-0.39, 0.29) is 0 Å². The van der Waals surface area contributed by atoms with Crippen molar-refractivity contribution >= 4 is 5.69 Å². The largest absolute Gasteiger partial charge is 0.490 e. The fourth-order valence-corrected chi connectivity index (χ4v) is 0.931. The molecule has 16 heavy (non-hydrogen) atoms. The zero-order valence-electron chi connectivity index (χ0n) is 7.94. The molecule has 0 spiro atoms. The number of ether oxygens (including phenoxy) is 1. The first-order valence-electron chi connectivity index (χ1n) is 4.23. The van der Waals surface area contributed by atoms with Gasteiger partial charge in [0.2, 0.25) is 0 Å². The van der Waals surface area contributed by atoms with Gasteiger partial charge in [0, 0.05) is 12.1 Å². The van der Waals surface area contributed by atoms with Gasteiger partial charge in [-0.3, -0.25) is 0 Å². The minimum absolute atomic E-state index is 0.430. The van der Waals surface area contributed by atoms with Gasteiger partial charge in [-0.15, -0.1) is 0 Å². The highest BCUT2D eigenvalue weighted by Crippen LogP contribution is 2.24. The van der Waals surface area contributed by atoms with Crippen LogP contribution in [0, 0.1) is 11.6 Å². The Labute approximate surface area is 87.8 Å². The Hall–Kier alpha value is -1.53. The Morgan fingerprint density at radius 1 is 1.12 bits per heavy atom. The lowest BCUT2D eigenvalue weighted by molar-refractivity contribution is -0.139. The van der Waals surface area contributed by atoms with Crippen molar-refractivity contribution in [3.8, 4) is 5.75 Å². The van der Waals surface area contributed by atoms with E-state index in [4.69, 9.17) is 5.73 Å². The van der Waals surface area contributed by atoms with Crippen molar-refractivity contribution in [1.29, 1.82) is 0 Å². The molecular formula is C9H8F5NO. The highest BCUT2D eigenvalue weighted by Gasteiger charge is 2.27. The molecule has 0 radical (unpaired) electrons. The summed E-state index contributed by atoms with van der Waals surface area (Å²) in [6.07, 6.45) is -5.64. The zero-order chi connectivity index (χ0) is 12.3. The minimum Gasteiger partial charge on any atom is -0.490 e. The Morgan fingerprint density at radius 3 is 2.31 bits per heavy atom. The van der Waals surface area contributed by atoms with Crippen molar-refractivity contribution in [2.45, 2.75) is 12.6 Å². The molecule has 0 bridgehead atoms.